The van der Waals surface area contributed by atoms with Crippen LogP contribution >= 0.6 is 24.0 Å². The first-order valence-corrected chi connectivity index (χ1v) is 9.93. The molecular weight excluding hydrogens is 477 g/mol. The summed E-state index contributed by atoms with van der Waals surface area (Å²) < 4.78 is 2.17. The quantitative estimate of drug-likeness (QED) is 0.179. The van der Waals surface area contributed by atoms with Crippen LogP contribution < -0.4 is 10.6 Å². The van der Waals surface area contributed by atoms with E-state index in [1.165, 1.54) is 0 Å². The molecule has 0 radical (unpaired) electrons. The van der Waals surface area contributed by atoms with Gasteiger partial charge in [0.15, 0.2) is 5.96 Å². The zero-order chi connectivity index (χ0) is 19.6. The van der Waals surface area contributed by atoms with Gasteiger partial charge in [-0.3, -0.25) is 4.99 Å². The fourth-order valence-corrected chi connectivity index (χ4v) is 3.13. The van der Waals surface area contributed by atoms with Crippen LogP contribution in [0.4, 0.5) is 0 Å². The summed E-state index contributed by atoms with van der Waals surface area (Å²) in [6.07, 6.45) is 2.99. The van der Waals surface area contributed by atoms with Gasteiger partial charge in [0.2, 0.25) is 0 Å². The van der Waals surface area contributed by atoms with E-state index in [-0.39, 0.29) is 24.0 Å². The SMILES string of the molecule is CCNC(=NCCCn1cnc2ccccc21)NCCC(O)c1ccccc1.I. The molecule has 1 unspecified atom stereocenters. The summed E-state index contributed by atoms with van der Waals surface area (Å²) in [5.74, 6) is 0.790. The van der Waals surface area contributed by atoms with Crippen LogP contribution in [0.1, 0.15) is 31.4 Å². The zero-order valence-electron chi connectivity index (χ0n) is 16.8. The Bertz CT molecular complexity index is 881. The number of aryl methyl sites for hydroxylation is 1. The fourth-order valence-electron chi connectivity index (χ4n) is 3.13. The molecule has 1 heterocycles. The maximum Gasteiger partial charge on any atom is 0.191 e. The van der Waals surface area contributed by atoms with Crippen LogP contribution in [0.2, 0.25) is 0 Å². The highest BCUT2D eigenvalue weighted by Gasteiger charge is 2.07. The van der Waals surface area contributed by atoms with Gasteiger partial charge < -0.3 is 20.3 Å². The number of aromatic nitrogens is 2. The Morgan fingerprint density at radius 3 is 2.66 bits per heavy atom. The number of para-hydroxylation sites is 2. The lowest BCUT2D eigenvalue weighted by molar-refractivity contribution is 0.168. The molecule has 0 fully saturated rings. The monoisotopic (exact) mass is 507 g/mol. The molecule has 0 saturated heterocycles. The third-order valence-corrected chi connectivity index (χ3v) is 4.59. The van der Waals surface area contributed by atoms with Crippen molar-refractivity contribution in [1.82, 2.24) is 20.2 Å². The minimum atomic E-state index is -0.467. The molecule has 7 heteroatoms. The molecule has 0 aliphatic heterocycles. The second kappa shape index (κ2) is 12.4. The van der Waals surface area contributed by atoms with E-state index < -0.39 is 6.10 Å². The predicted octanol–water partition coefficient (Wildman–Crippen LogP) is 3.72. The molecule has 156 valence electrons. The van der Waals surface area contributed by atoms with Gasteiger partial charge in [-0.05, 0) is 37.5 Å². The van der Waals surface area contributed by atoms with E-state index in [1.807, 2.05) is 61.8 Å². The van der Waals surface area contributed by atoms with Crippen molar-refractivity contribution in [2.24, 2.45) is 4.99 Å². The summed E-state index contributed by atoms with van der Waals surface area (Å²) in [5, 5.41) is 16.8. The molecule has 0 amide bonds. The van der Waals surface area contributed by atoms with Crippen molar-refractivity contribution < 1.29 is 5.11 Å². The Morgan fingerprint density at radius 1 is 1.10 bits per heavy atom. The number of halogens is 1. The molecule has 1 aromatic heterocycles. The number of benzene rings is 2. The number of imidazole rings is 1. The largest absolute Gasteiger partial charge is 0.388 e. The topological polar surface area (TPSA) is 74.5 Å². The number of hydrogen-bond acceptors (Lipinski definition) is 3. The third kappa shape index (κ3) is 7.01. The van der Waals surface area contributed by atoms with Crippen LogP contribution in [-0.4, -0.2) is 40.3 Å². The molecule has 0 aliphatic carbocycles. The van der Waals surface area contributed by atoms with Gasteiger partial charge in [0, 0.05) is 26.2 Å². The molecule has 6 nitrogen and oxygen atoms in total. The highest BCUT2D eigenvalue weighted by Crippen LogP contribution is 2.15. The first-order valence-electron chi connectivity index (χ1n) is 9.93. The number of nitrogens with zero attached hydrogens (tertiary/aromatic N) is 3. The summed E-state index contributed by atoms with van der Waals surface area (Å²) >= 11 is 0. The summed E-state index contributed by atoms with van der Waals surface area (Å²) in [5.41, 5.74) is 3.13. The fraction of sp³-hybridized carbons (Fsp3) is 0.364. The van der Waals surface area contributed by atoms with E-state index in [9.17, 15) is 5.11 Å². The van der Waals surface area contributed by atoms with Gasteiger partial charge in [0.05, 0.1) is 23.5 Å². The maximum absolute atomic E-state index is 10.3. The first-order chi connectivity index (χ1) is 13.8. The van der Waals surface area contributed by atoms with Crippen LogP contribution in [0.5, 0.6) is 0 Å². The third-order valence-electron chi connectivity index (χ3n) is 4.59. The number of aliphatic hydroxyl groups is 1. The van der Waals surface area contributed by atoms with Gasteiger partial charge in [0.25, 0.3) is 0 Å². The Labute approximate surface area is 189 Å². The molecule has 1 atom stereocenters. The number of nitrogens with one attached hydrogen (secondary N) is 2. The number of fused-ring (bicyclic) bond motifs is 1. The van der Waals surface area contributed by atoms with Gasteiger partial charge in [-0.2, -0.15) is 0 Å². The molecule has 3 N–H and O–H groups in total. The Morgan fingerprint density at radius 2 is 1.86 bits per heavy atom. The van der Waals surface area contributed by atoms with E-state index in [2.05, 4.69) is 31.2 Å². The smallest absolute Gasteiger partial charge is 0.191 e. The van der Waals surface area contributed by atoms with Gasteiger partial charge in [0.1, 0.15) is 0 Å². The standard InChI is InChI=1S/C22H29N5O.HI/c1-2-23-22(25-15-13-21(28)18-9-4-3-5-10-18)24-14-8-16-27-17-26-19-11-6-7-12-20(19)27;/h3-7,9-12,17,21,28H,2,8,13-16H2,1H3,(H2,23,24,25);1H. The van der Waals surface area contributed by atoms with Crippen molar-refractivity contribution >= 4 is 41.0 Å². The first kappa shape index (κ1) is 23.2. The maximum atomic E-state index is 10.3. The van der Waals surface area contributed by atoms with Crippen molar-refractivity contribution in [3.8, 4) is 0 Å². The highest BCUT2D eigenvalue weighted by molar-refractivity contribution is 14.0. The minimum Gasteiger partial charge on any atom is -0.388 e. The molecular formula is C22H30IN5O. The van der Waals surface area contributed by atoms with Gasteiger partial charge in [-0.25, -0.2) is 4.98 Å². The molecule has 0 aliphatic rings. The van der Waals surface area contributed by atoms with E-state index >= 15 is 0 Å². The summed E-state index contributed by atoms with van der Waals surface area (Å²) in [7, 11) is 0. The highest BCUT2D eigenvalue weighted by atomic mass is 127. The van der Waals surface area contributed by atoms with Crippen LogP contribution in [0.25, 0.3) is 11.0 Å². The van der Waals surface area contributed by atoms with Gasteiger partial charge in [-0.15, -0.1) is 24.0 Å². The van der Waals surface area contributed by atoms with E-state index in [0.29, 0.717) is 13.0 Å². The molecule has 0 saturated carbocycles. The zero-order valence-corrected chi connectivity index (χ0v) is 19.1. The minimum absolute atomic E-state index is 0. The number of rotatable bonds is 9. The molecule has 29 heavy (non-hydrogen) atoms. The van der Waals surface area contributed by atoms with E-state index in [1.54, 1.807) is 0 Å². The second-order valence-electron chi connectivity index (χ2n) is 6.68. The van der Waals surface area contributed by atoms with E-state index in [0.717, 1.165) is 48.6 Å². The normalized spacial score (nSPS) is 12.4. The molecule has 0 spiro atoms. The van der Waals surface area contributed by atoms with Crippen molar-refractivity contribution in [3.05, 3.63) is 66.5 Å². The number of guanidine groups is 1. The Hall–Kier alpha value is -2.13. The number of aliphatic hydroxyl groups excluding tert-OH is 1. The van der Waals surface area contributed by atoms with Gasteiger partial charge in [-0.1, -0.05) is 42.5 Å². The van der Waals surface area contributed by atoms with Crippen LogP contribution in [-0.2, 0) is 6.54 Å². The number of hydrogen-bond donors (Lipinski definition) is 3. The lowest BCUT2D eigenvalue weighted by Gasteiger charge is -2.14. The second-order valence-corrected chi connectivity index (χ2v) is 6.68. The van der Waals surface area contributed by atoms with Crippen LogP contribution in [0, 0.1) is 0 Å². The summed E-state index contributed by atoms with van der Waals surface area (Å²) in [4.78, 5) is 9.06. The average Bonchev–Trinajstić information content (AvgIpc) is 3.15. The van der Waals surface area contributed by atoms with E-state index in [4.69, 9.17) is 0 Å². The lowest BCUT2D eigenvalue weighted by atomic mass is 10.1. The molecule has 3 aromatic rings. The molecule has 2 aromatic carbocycles. The van der Waals surface area contributed by atoms with Crippen LogP contribution in [0.15, 0.2) is 65.9 Å². The van der Waals surface area contributed by atoms with Crippen molar-refractivity contribution in [2.75, 3.05) is 19.6 Å². The molecule has 0 bridgehead atoms. The predicted molar refractivity (Wildman–Crippen MR) is 130 cm³/mol. The average molecular weight is 507 g/mol. The summed E-state index contributed by atoms with van der Waals surface area (Å²) in [6, 6.07) is 17.9. The van der Waals surface area contributed by atoms with Crippen molar-refractivity contribution in [3.63, 3.8) is 0 Å². The van der Waals surface area contributed by atoms with Gasteiger partial charge >= 0.3 is 0 Å². The van der Waals surface area contributed by atoms with Crippen molar-refractivity contribution in [1.29, 1.82) is 0 Å². The summed E-state index contributed by atoms with van der Waals surface area (Å²) in [6.45, 7) is 5.13. The lowest BCUT2D eigenvalue weighted by Crippen LogP contribution is -2.38. The molecule has 3 rings (SSSR count). The van der Waals surface area contributed by atoms with Crippen molar-refractivity contribution in [2.45, 2.75) is 32.4 Å². The number of aliphatic imine (C=N–C) groups is 1. The Balaban J connectivity index is 0.00000300. The van der Waals surface area contributed by atoms with Crippen LogP contribution in [0.3, 0.4) is 0 Å². The Kier molecular flexibility index (Phi) is 9.93.